The van der Waals surface area contributed by atoms with E-state index in [4.69, 9.17) is 4.42 Å². The van der Waals surface area contributed by atoms with Crippen LogP contribution >= 0.6 is 11.8 Å². The van der Waals surface area contributed by atoms with Gasteiger partial charge in [-0.25, -0.2) is 0 Å². The number of piperazine rings is 1. The molecule has 23 heavy (non-hydrogen) atoms. The molecule has 0 aromatic carbocycles. The Morgan fingerprint density at radius 3 is 3.17 bits per heavy atom. The van der Waals surface area contributed by atoms with E-state index in [1.54, 1.807) is 6.26 Å². The minimum Gasteiger partial charge on any atom is -0.465 e. The monoisotopic (exact) mass is 329 g/mol. The summed E-state index contributed by atoms with van der Waals surface area (Å²) in [5, 5.41) is 0.860. The van der Waals surface area contributed by atoms with Crippen molar-refractivity contribution in [1.29, 1.82) is 0 Å². The lowest BCUT2D eigenvalue weighted by Gasteiger charge is -2.38. The largest absolute Gasteiger partial charge is 0.465 e. The van der Waals surface area contributed by atoms with Crippen LogP contribution in [0.3, 0.4) is 0 Å². The number of allylic oxidation sites excluding steroid dienone is 2. The first kappa shape index (κ1) is 14.8. The lowest BCUT2D eigenvalue weighted by molar-refractivity contribution is -0.113. The van der Waals surface area contributed by atoms with E-state index in [1.807, 2.05) is 30.4 Å². The third kappa shape index (κ3) is 3.14. The number of carbonyl (C=O) groups excluding carboxylic acids is 1. The van der Waals surface area contributed by atoms with Crippen molar-refractivity contribution in [2.24, 2.45) is 4.99 Å². The normalized spacial score (nSPS) is 27.2. The first-order chi connectivity index (χ1) is 11.3. The molecular formula is C17H19N3O2S. The first-order valence-corrected chi connectivity index (χ1v) is 8.83. The average Bonchev–Trinajstić information content (AvgIpc) is 3.28. The molecule has 1 atom stereocenters. The Balaban J connectivity index is 1.40. The lowest BCUT2D eigenvalue weighted by Crippen LogP contribution is -2.51. The van der Waals surface area contributed by atoms with E-state index in [2.05, 4.69) is 14.8 Å². The highest BCUT2D eigenvalue weighted by molar-refractivity contribution is 8.18. The highest BCUT2D eigenvalue weighted by Crippen LogP contribution is 2.31. The minimum absolute atomic E-state index is 0.136. The molecule has 4 rings (SSSR count). The van der Waals surface area contributed by atoms with Crippen LogP contribution in [0.2, 0.25) is 0 Å². The Hall–Kier alpha value is -1.79. The smallest absolute Gasteiger partial charge is 0.286 e. The third-order valence-electron chi connectivity index (χ3n) is 4.52. The summed E-state index contributed by atoms with van der Waals surface area (Å²) in [6.07, 6.45) is 9.68. The molecule has 1 aromatic heterocycles. The van der Waals surface area contributed by atoms with E-state index in [0.29, 0.717) is 10.9 Å². The van der Waals surface area contributed by atoms with Crippen LogP contribution in [0, 0.1) is 0 Å². The van der Waals surface area contributed by atoms with Gasteiger partial charge in [-0.15, -0.1) is 0 Å². The maximum Gasteiger partial charge on any atom is 0.286 e. The first-order valence-electron chi connectivity index (χ1n) is 8.01. The molecule has 4 heterocycles. The number of fused-ring (bicyclic) bond motifs is 1. The van der Waals surface area contributed by atoms with Crippen molar-refractivity contribution < 1.29 is 9.21 Å². The fourth-order valence-electron chi connectivity index (χ4n) is 3.33. The molecule has 0 N–H and O–H groups in total. The Labute approximate surface area is 139 Å². The second-order valence-corrected chi connectivity index (χ2v) is 6.99. The van der Waals surface area contributed by atoms with Crippen molar-refractivity contribution in [2.45, 2.75) is 18.9 Å². The molecule has 2 fully saturated rings. The van der Waals surface area contributed by atoms with Gasteiger partial charge in [-0.1, -0.05) is 6.08 Å². The molecule has 3 aliphatic rings. The molecular weight excluding hydrogens is 310 g/mol. The predicted octanol–water partition coefficient (Wildman–Crippen LogP) is 2.59. The molecule has 0 radical (unpaired) electrons. The van der Waals surface area contributed by atoms with Crippen LogP contribution in [0.15, 0.2) is 44.9 Å². The third-order valence-corrected chi connectivity index (χ3v) is 5.58. The van der Waals surface area contributed by atoms with E-state index in [9.17, 15) is 4.79 Å². The summed E-state index contributed by atoms with van der Waals surface area (Å²) in [5.41, 5.74) is 0. The predicted molar refractivity (Wildman–Crippen MR) is 92.0 cm³/mol. The Bertz CT molecular complexity index is 678. The van der Waals surface area contributed by atoms with Crippen LogP contribution < -0.4 is 0 Å². The molecule has 3 aliphatic heterocycles. The number of aliphatic imine (C=N–C) groups is 1. The second-order valence-electron chi connectivity index (χ2n) is 5.99. The fraction of sp³-hybridized carbons (Fsp3) is 0.412. The van der Waals surface area contributed by atoms with Crippen LogP contribution in [0.25, 0.3) is 6.08 Å². The highest BCUT2D eigenvalue weighted by atomic mass is 32.2. The van der Waals surface area contributed by atoms with Crippen LogP contribution in [0.1, 0.15) is 18.6 Å². The van der Waals surface area contributed by atoms with E-state index in [1.165, 1.54) is 31.1 Å². The Morgan fingerprint density at radius 2 is 2.30 bits per heavy atom. The Kier molecular flexibility index (Phi) is 4.10. The van der Waals surface area contributed by atoms with Crippen LogP contribution in [-0.4, -0.2) is 53.1 Å². The molecule has 2 saturated heterocycles. The van der Waals surface area contributed by atoms with Gasteiger partial charge in [-0.05, 0) is 55.4 Å². The number of hydrogen-bond donors (Lipinski definition) is 0. The average molecular weight is 329 g/mol. The van der Waals surface area contributed by atoms with Crippen molar-refractivity contribution in [3.05, 3.63) is 41.2 Å². The zero-order chi connectivity index (χ0) is 15.6. The van der Waals surface area contributed by atoms with Crippen LogP contribution in [0.4, 0.5) is 0 Å². The number of amides is 1. The quantitative estimate of drug-likeness (QED) is 0.781. The summed E-state index contributed by atoms with van der Waals surface area (Å²) in [6.45, 7) is 4.26. The maximum atomic E-state index is 12.1. The van der Waals surface area contributed by atoms with Gasteiger partial charge in [-0.3, -0.25) is 9.69 Å². The van der Waals surface area contributed by atoms with Gasteiger partial charge >= 0.3 is 0 Å². The zero-order valence-corrected chi connectivity index (χ0v) is 13.7. The van der Waals surface area contributed by atoms with Gasteiger partial charge in [0.15, 0.2) is 5.17 Å². The Morgan fingerprint density at radius 1 is 1.35 bits per heavy atom. The summed E-state index contributed by atoms with van der Waals surface area (Å²) in [4.78, 5) is 21.8. The molecule has 0 bridgehead atoms. The summed E-state index contributed by atoms with van der Waals surface area (Å²) in [7, 11) is 0. The molecule has 0 spiro atoms. The van der Waals surface area contributed by atoms with Crippen molar-refractivity contribution >= 4 is 28.9 Å². The van der Waals surface area contributed by atoms with Gasteiger partial charge in [0.1, 0.15) is 5.76 Å². The number of hydrogen-bond acceptors (Lipinski definition) is 5. The lowest BCUT2D eigenvalue weighted by atomic mass is 10.2. The zero-order valence-electron chi connectivity index (χ0n) is 12.9. The van der Waals surface area contributed by atoms with E-state index in [0.717, 1.165) is 30.6 Å². The van der Waals surface area contributed by atoms with Gasteiger partial charge in [0.05, 0.1) is 11.2 Å². The second kappa shape index (κ2) is 6.37. The van der Waals surface area contributed by atoms with Gasteiger partial charge < -0.3 is 9.32 Å². The molecule has 5 nitrogen and oxygen atoms in total. The van der Waals surface area contributed by atoms with Gasteiger partial charge in [0, 0.05) is 25.7 Å². The molecule has 0 saturated carbocycles. The van der Waals surface area contributed by atoms with Gasteiger partial charge in [0.2, 0.25) is 0 Å². The van der Waals surface area contributed by atoms with Crippen molar-refractivity contribution in [1.82, 2.24) is 9.80 Å². The van der Waals surface area contributed by atoms with Crippen molar-refractivity contribution in [3.63, 3.8) is 0 Å². The number of amidine groups is 1. The maximum absolute atomic E-state index is 12.1. The van der Waals surface area contributed by atoms with E-state index >= 15 is 0 Å². The van der Waals surface area contributed by atoms with E-state index < -0.39 is 0 Å². The molecule has 6 heteroatoms. The van der Waals surface area contributed by atoms with Gasteiger partial charge in [0.25, 0.3) is 5.91 Å². The topological polar surface area (TPSA) is 49.1 Å². The number of carbonyl (C=O) groups is 1. The number of nitrogens with zero attached hydrogens (tertiary/aromatic N) is 3. The number of furan rings is 1. The number of thioether (sulfide) groups is 1. The fourth-order valence-corrected chi connectivity index (χ4v) is 4.23. The summed E-state index contributed by atoms with van der Waals surface area (Å²) < 4.78 is 5.23. The summed E-state index contributed by atoms with van der Waals surface area (Å²) in [5.74, 6) is 0.638. The standard InChI is InChI=1S/C17H19N3O2S/c21-16-15(7-1-5-14-6-3-11-22-14)23-17(18-16)20-10-9-19-8-2-4-13(19)12-20/h1,3,5-7,11,13H,2,4,8-10,12H2. The molecule has 1 unspecified atom stereocenters. The van der Waals surface area contributed by atoms with Crippen LogP contribution in [0.5, 0.6) is 0 Å². The molecule has 1 amide bonds. The summed E-state index contributed by atoms with van der Waals surface area (Å²) in [6, 6.07) is 4.35. The van der Waals surface area contributed by atoms with Crippen LogP contribution in [-0.2, 0) is 4.79 Å². The van der Waals surface area contributed by atoms with E-state index in [-0.39, 0.29) is 5.91 Å². The minimum atomic E-state index is -0.136. The van der Waals surface area contributed by atoms with Crippen molar-refractivity contribution in [2.75, 3.05) is 26.2 Å². The highest BCUT2D eigenvalue weighted by Gasteiger charge is 2.34. The summed E-state index contributed by atoms with van der Waals surface area (Å²) >= 11 is 1.48. The molecule has 120 valence electrons. The molecule has 0 aliphatic carbocycles. The SMILES string of the molecule is O=C1N=C(N2CCN3CCCC3C2)SC1=CC=Cc1ccco1. The molecule has 1 aromatic rings. The van der Waals surface area contributed by atoms with Crippen molar-refractivity contribution in [3.8, 4) is 0 Å². The van der Waals surface area contributed by atoms with Gasteiger partial charge in [-0.2, -0.15) is 4.99 Å². The number of rotatable bonds is 2.